The maximum absolute atomic E-state index is 13.3. The first-order valence-electron chi connectivity index (χ1n) is 11.7. The van der Waals surface area contributed by atoms with Crippen LogP contribution in [0, 0.1) is 17.8 Å². The summed E-state index contributed by atoms with van der Waals surface area (Å²) >= 11 is 0. The molecule has 3 rings (SSSR count). The number of carbonyl (C=O) groups is 1. The van der Waals surface area contributed by atoms with Gasteiger partial charge in [0.2, 0.25) is 0 Å². The lowest BCUT2D eigenvalue weighted by Crippen LogP contribution is -2.47. The molecule has 0 radical (unpaired) electrons. The average Bonchev–Trinajstić information content (AvgIpc) is 3.17. The van der Waals surface area contributed by atoms with Crippen LogP contribution in [0.2, 0.25) is 0 Å². The first-order chi connectivity index (χ1) is 14.7. The summed E-state index contributed by atoms with van der Waals surface area (Å²) in [7, 11) is 0. The lowest BCUT2D eigenvalue weighted by molar-refractivity contribution is -0.162. The number of rotatable bonds is 7. The van der Waals surface area contributed by atoms with E-state index >= 15 is 0 Å². The first-order valence-corrected chi connectivity index (χ1v) is 11.7. The Labute approximate surface area is 188 Å². The maximum Gasteiger partial charge on any atom is 0.311 e. The summed E-state index contributed by atoms with van der Waals surface area (Å²) in [6.45, 7) is 13.6. The van der Waals surface area contributed by atoms with Crippen LogP contribution in [0.1, 0.15) is 71.6 Å². The van der Waals surface area contributed by atoms with Gasteiger partial charge in [-0.2, -0.15) is 0 Å². The van der Waals surface area contributed by atoms with Crippen molar-refractivity contribution in [3.63, 3.8) is 0 Å². The first kappa shape index (κ1) is 23.5. The van der Waals surface area contributed by atoms with Gasteiger partial charge >= 0.3 is 5.97 Å². The molecule has 0 aliphatic heterocycles. The molecule has 1 aliphatic carbocycles. The second kappa shape index (κ2) is 9.99. The monoisotopic (exact) mass is 421 g/mol. The van der Waals surface area contributed by atoms with Crippen molar-refractivity contribution in [2.24, 2.45) is 17.8 Å². The van der Waals surface area contributed by atoms with Gasteiger partial charge in [0.25, 0.3) is 0 Å². The topological polar surface area (TPSA) is 29.5 Å². The van der Waals surface area contributed by atoms with Crippen molar-refractivity contribution in [3.8, 4) is 0 Å². The van der Waals surface area contributed by atoms with Crippen molar-refractivity contribution in [1.29, 1.82) is 0 Å². The Morgan fingerprint density at radius 3 is 2.10 bits per heavy atom. The molecular formula is C28H39NO2. The van der Waals surface area contributed by atoms with E-state index in [1.54, 1.807) is 0 Å². The number of carbonyl (C=O) groups excluding carboxylic acids is 1. The van der Waals surface area contributed by atoms with Gasteiger partial charge in [0, 0.05) is 18.6 Å². The molecule has 0 unspecified atom stereocenters. The van der Waals surface area contributed by atoms with Crippen LogP contribution in [0.5, 0.6) is 0 Å². The SMILES string of the molecule is CC(C)[C@H]1CC[C@H](C(=O)OC(C)(C)C)[C@H]1N(Cc1ccccc1)[C@@H](C)c1ccccc1. The van der Waals surface area contributed by atoms with Gasteiger partial charge in [0.05, 0.1) is 5.92 Å². The minimum atomic E-state index is -0.465. The minimum absolute atomic E-state index is 0.0426. The van der Waals surface area contributed by atoms with Gasteiger partial charge < -0.3 is 4.74 Å². The van der Waals surface area contributed by atoms with Crippen LogP contribution in [0.4, 0.5) is 0 Å². The third-order valence-electron chi connectivity index (χ3n) is 6.60. The molecule has 4 atom stereocenters. The summed E-state index contributed by atoms with van der Waals surface area (Å²) in [5.41, 5.74) is 2.10. The Balaban J connectivity index is 2.00. The quantitative estimate of drug-likeness (QED) is 0.469. The van der Waals surface area contributed by atoms with Crippen LogP contribution < -0.4 is 0 Å². The van der Waals surface area contributed by atoms with Crippen molar-refractivity contribution in [1.82, 2.24) is 4.90 Å². The highest BCUT2D eigenvalue weighted by Gasteiger charge is 2.47. The Morgan fingerprint density at radius 1 is 0.968 bits per heavy atom. The molecule has 0 amide bonds. The molecule has 3 heteroatoms. The van der Waals surface area contributed by atoms with Gasteiger partial charge in [-0.1, -0.05) is 74.5 Å². The highest BCUT2D eigenvalue weighted by Crippen LogP contribution is 2.44. The lowest BCUT2D eigenvalue weighted by atomic mass is 9.85. The third kappa shape index (κ3) is 5.98. The summed E-state index contributed by atoms with van der Waals surface area (Å²) in [5, 5.41) is 0. The zero-order valence-electron chi connectivity index (χ0n) is 20.0. The van der Waals surface area contributed by atoms with E-state index in [4.69, 9.17) is 4.74 Å². The standard InChI is InChI=1S/C28H39NO2/c1-20(2)24-17-18-25(27(30)31-28(4,5)6)26(24)29(19-22-13-9-7-10-14-22)21(3)23-15-11-8-12-16-23/h7-16,20-21,24-26H,17-19H2,1-6H3/t21-,24+,25-,26-/m0/s1. The molecule has 31 heavy (non-hydrogen) atoms. The predicted molar refractivity (Wildman–Crippen MR) is 128 cm³/mol. The fourth-order valence-electron chi connectivity index (χ4n) is 5.07. The summed E-state index contributed by atoms with van der Waals surface area (Å²) in [5.74, 6) is 0.839. The highest BCUT2D eigenvalue weighted by atomic mass is 16.6. The molecule has 3 nitrogen and oxygen atoms in total. The van der Waals surface area contributed by atoms with Gasteiger partial charge in [-0.25, -0.2) is 0 Å². The van der Waals surface area contributed by atoms with Crippen LogP contribution in [-0.4, -0.2) is 22.5 Å². The van der Waals surface area contributed by atoms with E-state index in [9.17, 15) is 4.79 Å². The number of nitrogens with zero attached hydrogens (tertiary/aromatic N) is 1. The fraction of sp³-hybridized carbons (Fsp3) is 0.536. The molecule has 168 valence electrons. The largest absolute Gasteiger partial charge is 0.460 e. The summed E-state index contributed by atoms with van der Waals surface area (Å²) in [6, 6.07) is 21.7. The third-order valence-corrected chi connectivity index (χ3v) is 6.60. The van der Waals surface area contributed by atoms with Gasteiger partial charge in [-0.05, 0) is 63.5 Å². The lowest BCUT2D eigenvalue weighted by Gasteiger charge is -2.41. The fourth-order valence-corrected chi connectivity index (χ4v) is 5.07. The molecule has 1 aliphatic rings. The Morgan fingerprint density at radius 2 is 1.55 bits per heavy atom. The molecule has 0 saturated heterocycles. The maximum atomic E-state index is 13.3. The predicted octanol–water partition coefficient (Wildman–Crippen LogP) is 6.64. The smallest absolute Gasteiger partial charge is 0.311 e. The second-order valence-corrected chi connectivity index (χ2v) is 10.4. The summed E-state index contributed by atoms with van der Waals surface area (Å²) in [4.78, 5) is 15.9. The van der Waals surface area contributed by atoms with E-state index in [0.29, 0.717) is 11.8 Å². The number of benzene rings is 2. The molecule has 1 saturated carbocycles. The van der Waals surface area contributed by atoms with Crippen molar-refractivity contribution in [2.45, 2.75) is 78.6 Å². The van der Waals surface area contributed by atoms with Crippen molar-refractivity contribution in [3.05, 3.63) is 71.8 Å². The van der Waals surface area contributed by atoms with E-state index in [-0.39, 0.29) is 24.0 Å². The molecule has 2 aromatic carbocycles. The van der Waals surface area contributed by atoms with Crippen LogP contribution in [-0.2, 0) is 16.1 Å². The molecule has 0 heterocycles. The summed E-state index contributed by atoms with van der Waals surface area (Å²) in [6.07, 6.45) is 1.97. The van der Waals surface area contributed by atoms with E-state index in [2.05, 4.69) is 86.3 Å². The average molecular weight is 422 g/mol. The molecule has 1 fully saturated rings. The molecular weight excluding hydrogens is 382 g/mol. The van der Waals surface area contributed by atoms with Crippen LogP contribution >= 0.6 is 0 Å². The van der Waals surface area contributed by atoms with E-state index in [1.807, 2.05) is 20.8 Å². The van der Waals surface area contributed by atoms with Gasteiger partial charge in [0.1, 0.15) is 5.60 Å². The number of ether oxygens (including phenoxy) is 1. The Hall–Kier alpha value is -2.13. The minimum Gasteiger partial charge on any atom is -0.460 e. The van der Waals surface area contributed by atoms with Crippen molar-refractivity contribution >= 4 is 5.97 Å². The zero-order chi connectivity index (χ0) is 22.6. The van der Waals surface area contributed by atoms with Crippen LogP contribution in [0.25, 0.3) is 0 Å². The molecule has 0 N–H and O–H groups in total. The molecule has 0 aromatic heterocycles. The van der Waals surface area contributed by atoms with Crippen molar-refractivity contribution in [2.75, 3.05) is 0 Å². The number of esters is 1. The molecule has 2 aromatic rings. The van der Waals surface area contributed by atoms with Crippen LogP contribution in [0.15, 0.2) is 60.7 Å². The van der Waals surface area contributed by atoms with Crippen molar-refractivity contribution < 1.29 is 9.53 Å². The Kier molecular flexibility index (Phi) is 7.59. The number of hydrogen-bond donors (Lipinski definition) is 0. The molecule has 0 bridgehead atoms. The highest BCUT2D eigenvalue weighted by molar-refractivity contribution is 5.74. The normalized spacial score (nSPS) is 22.6. The van der Waals surface area contributed by atoms with Gasteiger partial charge in [-0.15, -0.1) is 0 Å². The number of hydrogen-bond acceptors (Lipinski definition) is 3. The zero-order valence-corrected chi connectivity index (χ0v) is 20.0. The van der Waals surface area contributed by atoms with E-state index < -0.39 is 5.60 Å². The second-order valence-electron chi connectivity index (χ2n) is 10.4. The Bertz CT molecular complexity index is 825. The van der Waals surface area contributed by atoms with E-state index in [1.165, 1.54) is 11.1 Å². The van der Waals surface area contributed by atoms with E-state index in [0.717, 1.165) is 19.4 Å². The van der Waals surface area contributed by atoms with Gasteiger partial charge in [-0.3, -0.25) is 9.69 Å². The molecule has 0 spiro atoms. The summed E-state index contributed by atoms with van der Waals surface area (Å²) < 4.78 is 5.90. The van der Waals surface area contributed by atoms with Crippen LogP contribution in [0.3, 0.4) is 0 Å². The van der Waals surface area contributed by atoms with Gasteiger partial charge in [0.15, 0.2) is 0 Å².